The van der Waals surface area contributed by atoms with Crippen molar-refractivity contribution in [2.24, 2.45) is 5.92 Å². The molecular weight excluding hydrogens is 390 g/mol. The number of fused-ring (bicyclic) bond motifs is 1. The number of aromatic nitrogens is 2. The highest BCUT2D eigenvalue weighted by molar-refractivity contribution is 7.13. The summed E-state index contributed by atoms with van der Waals surface area (Å²) in [5, 5.41) is 2.51. The summed E-state index contributed by atoms with van der Waals surface area (Å²) >= 11 is 1.42. The topological polar surface area (TPSA) is 82.8 Å². The molecular formula is C20H21N5O3S. The fraction of sp³-hybridized carbons (Fsp3) is 0.400. The molecule has 0 N–H and O–H groups in total. The maximum Gasteiger partial charge on any atom is 0.298 e. The number of carbonyl (C=O) groups is 2. The van der Waals surface area contributed by atoms with Crippen LogP contribution in [0.3, 0.4) is 0 Å². The van der Waals surface area contributed by atoms with Crippen LogP contribution in [-0.4, -0.2) is 59.4 Å². The van der Waals surface area contributed by atoms with Gasteiger partial charge < -0.3 is 14.2 Å². The van der Waals surface area contributed by atoms with Gasteiger partial charge in [-0.15, -0.1) is 11.3 Å². The molecule has 2 aliphatic rings. The molecule has 1 atom stereocenters. The van der Waals surface area contributed by atoms with E-state index in [0.717, 1.165) is 24.1 Å². The molecule has 2 fully saturated rings. The van der Waals surface area contributed by atoms with Crippen molar-refractivity contribution in [3.8, 4) is 0 Å². The van der Waals surface area contributed by atoms with Gasteiger partial charge in [0.05, 0.1) is 5.92 Å². The van der Waals surface area contributed by atoms with Crippen LogP contribution in [0.4, 0.5) is 11.1 Å². The lowest BCUT2D eigenvalue weighted by Gasteiger charge is -2.24. The van der Waals surface area contributed by atoms with Gasteiger partial charge in [0.15, 0.2) is 10.7 Å². The van der Waals surface area contributed by atoms with E-state index in [1.165, 1.54) is 11.3 Å². The van der Waals surface area contributed by atoms with Gasteiger partial charge in [0.25, 0.3) is 6.01 Å². The number of nitrogens with zero attached hydrogens (tertiary/aromatic N) is 5. The number of amides is 2. The van der Waals surface area contributed by atoms with Crippen molar-refractivity contribution in [3.63, 3.8) is 0 Å². The number of hydrogen-bond acceptors (Lipinski definition) is 7. The van der Waals surface area contributed by atoms with Gasteiger partial charge in [0, 0.05) is 50.7 Å². The molecule has 2 amide bonds. The Hall–Kier alpha value is -2.94. The monoisotopic (exact) mass is 411 g/mol. The van der Waals surface area contributed by atoms with Crippen LogP contribution >= 0.6 is 11.3 Å². The summed E-state index contributed by atoms with van der Waals surface area (Å²) in [5.41, 5.74) is 1.61. The Bertz CT molecular complexity index is 1000. The third kappa shape index (κ3) is 3.46. The second-order valence-corrected chi connectivity index (χ2v) is 8.22. The maximum absolute atomic E-state index is 13.1. The number of hydrogen-bond donors (Lipinski definition) is 0. The van der Waals surface area contributed by atoms with Gasteiger partial charge in [-0.3, -0.25) is 14.5 Å². The summed E-state index contributed by atoms with van der Waals surface area (Å²) < 4.78 is 5.88. The molecule has 0 radical (unpaired) electrons. The summed E-state index contributed by atoms with van der Waals surface area (Å²) in [6.07, 6.45) is 2.77. The molecule has 0 bridgehead atoms. The highest BCUT2D eigenvalue weighted by Crippen LogP contribution is 2.28. The van der Waals surface area contributed by atoms with E-state index in [9.17, 15) is 9.59 Å². The minimum absolute atomic E-state index is 0.0266. The van der Waals surface area contributed by atoms with Gasteiger partial charge in [0.2, 0.25) is 11.8 Å². The van der Waals surface area contributed by atoms with Gasteiger partial charge in [-0.1, -0.05) is 12.1 Å². The van der Waals surface area contributed by atoms with Crippen molar-refractivity contribution in [3.05, 3.63) is 35.8 Å². The molecule has 29 heavy (non-hydrogen) atoms. The molecule has 4 heterocycles. The minimum Gasteiger partial charge on any atom is -0.423 e. The SMILES string of the molecule is O=C(C1CC(=O)N(c2nccs2)C1)N1CCCN(c2nc3ccccc3o2)CC1. The second kappa shape index (κ2) is 7.47. The fourth-order valence-electron chi connectivity index (χ4n) is 3.99. The molecule has 1 unspecified atom stereocenters. The highest BCUT2D eigenvalue weighted by atomic mass is 32.1. The molecule has 2 aliphatic heterocycles. The molecule has 1 aromatic carbocycles. The Morgan fingerprint density at radius 2 is 2.07 bits per heavy atom. The van der Waals surface area contributed by atoms with Crippen LogP contribution in [-0.2, 0) is 9.59 Å². The first-order valence-corrected chi connectivity index (χ1v) is 10.7. The molecule has 0 spiro atoms. The summed E-state index contributed by atoms with van der Waals surface area (Å²) in [5.74, 6) is -0.277. The summed E-state index contributed by atoms with van der Waals surface area (Å²) in [6, 6.07) is 8.31. The molecule has 2 saturated heterocycles. The maximum atomic E-state index is 13.1. The van der Waals surface area contributed by atoms with Gasteiger partial charge in [-0.25, -0.2) is 4.98 Å². The Kier molecular flexibility index (Phi) is 4.67. The molecule has 9 heteroatoms. The first-order chi connectivity index (χ1) is 14.2. The number of oxazole rings is 1. The minimum atomic E-state index is -0.303. The lowest BCUT2D eigenvalue weighted by Crippen LogP contribution is -2.40. The lowest BCUT2D eigenvalue weighted by molar-refractivity contribution is -0.135. The molecule has 0 saturated carbocycles. The Morgan fingerprint density at radius 1 is 1.17 bits per heavy atom. The average molecular weight is 411 g/mol. The fourth-order valence-corrected chi connectivity index (χ4v) is 4.66. The Labute approximate surface area is 171 Å². The molecule has 5 rings (SSSR count). The van der Waals surface area contributed by atoms with E-state index in [2.05, 4.69) is 14.9 Å². The predicted molar refractivity (Wildman–Crippen MR) is 110 cm³/mol. The van der Waals surface area contributed by atoms with E-state index in [1.807, 2.05) is 34.5 Å². The first kappa shape index (κ1) is 18.1. The number of thiazole rings is 1. The van der Waals surface area contributed by atoms with Crippen molar-refractivity contribution in [2.75, 3.05) is 42.5 Å². The number of rotatable bonds is 3. The predicted octanol–water partition coefficient (Wildman–Crippen LogP) is 2.38. The second-order valence-electron chi connectivity index (χ2n) is 7.35. The Morgan fingerprint density at radius 3 is 2.90 bits per heavy atom. The van der Waals surface area contributed by atoms with E-state index < -0.39 is 0 Å². The quantitative estimate of drug-likeness (QED) is 0.658. The number of carbonyl (C=O) groups excluding carboxylic acids is 2. The van der Waals surface area contributed by atoms with Crippen molar-refractivity contribution in [1.82, 2.24) is 14.9 Å². The normalized spacial score (nSPS) is 20.5. The molecule has 3 aromatic rings. The van der Waals surface area contributed by atoms with Crippen molar-refractivity contribution >= 4 is 45.4 Å². The van der Waals surface area contributed by atoms with E-state index in [0.29, 0.717) is 37.3 Å². The summed E-state index contributed by atoms with van der Waals surface area (Å²) in [6.45, 7) is 3.13. The largest absolute Gasteiger partial charge is 0.423 e. The van der Waals surface area contributed by atoms with Crippen LogP contribution in [0.25, 0.3) is 11.1 Å². The third-order valence-electron chi connectivity index (χ3n) is 5.49. The zero-order valence-corrected chi connectivity index (χ0v) is 16.7. The smallest absolute Gasteiger partial charge is 0.298 e. The van der Waals surface area contributed by atoms with Crippen LogP contribution < -0.4 is 9.80 Å². The lowest BCUT2D eigenvalue weighted by atomic mass is 10.1. The van der Waals surface area contributed by atoms with Crippen LogP contribution in [0, 0.1) is 5.92 Å². The molecule has 8 nitrogen and oxygen atoms in total. The van der Waals surface area contributed by atoms with E-state index in [1.54, 1.807) is 11.1 Å². The van der Waals surface area contributed by atoms with E-state index in [4.69, 9.17) is 4.42 Å². The zero-order chi connectivity index (χ0) is 19.8. The van der Waals surface area contributed by atoms with E-state index in [-0.39, 0.29) is 24.2 Å². The molecule has 0 aliphatic carbocycles. The average Bonchev–Trinajstić information content (AvgIpc) is 3.44. The summed E-state index contributed by atoms with van der Waals surface area (Å²) in [4.78, 5) is 39.8. The van der Waals surface area contributed by atoms with Gasteiger partial charge in [0.1, 0.15) is 5.52 Å². The standard InChI is InChI=1S/C20H21N5O3S/c26-17-12-14(13-25(17)20-21-6-11-29-20)18(27)23-7-3-8-24(10-9-23)19-22-15-4-1-2-5-16(15)28-19/h1-2,4-6,11,14H,3,7-10,12-13H2. The van der Waals surface area contributed by atoms with Crippen LogP contribution in [0.2, 0.25) is 0 Å². The van der Waals surface area contributed by atoms with Crippen LogP contribution in [0.15, 0.2) is 40.3 Å². The third-order valence-corrected chi connectivity index (χ3v) is 6.28. The van der Waals surface area contributed by atoms with Crippen molar-refractivity contribution < 1.29 is 14.0 Å². The number of benzene rings is 1. The van der Waals surface area contributed by atoms with Gasteiger partial charge >= 0.3 is 0 Å². The van der Waals surface area contributed by atoms with Crippen molar-refractivity contribution in [2.45, 2.75) is 12.8 Å². The van der Waals surface area contributed by atoms with Gasteiger partial charge in [-0.2, -0.15) is 4.98 Å². The summed E-state index contributed by atoms with van der Waals surface area (Å²) in [7, 11) is 0. The van der Waals surface area contributed by atoms with Crippen LogP contribution in [0.5, 0.6) is 0 Å². The van der Waals surface area contributed by atoms with Crippen molar-refractivity contribution in [1.29, 1.82) is 0 Å². The highest BCUT2D eigenvalue weighted by Gasteiger charge is 2.38. The number of para-hydroxylation sites is 2. The Balaban J connectivity index is 1.25. The number of anilines is 2. The molecule has 150 valence electrons. The van der Waals surface area contributed by atoms with Gasteiger partial charge in [-0.05, 0) is 18.6 Å². The van der Waals surface area contributed by atoms with Crippen LogP contribution in [0.1, 0.15) is 12.8 Å². The van der Waals surface area contributed by atoms with E-state index >= 15 is 0 Å². The molecule has 2 aromatic heterocycles. The first-order valence-electron chi connectivity index (χ1n) is 9.78. The zero-order valence-electron chi connectivity index (χ0n) is 15.9.